The second kappa shape index (κ2) is 4.41. The van der Waals surface area contributed by atoms with Crippen LogP contribution in [-0.2, 0) is 11.2 Å². The van der Waals surface area contributed by atoms with Crippen molar-refractivity contribution in [3.63, 3.8) is 0 Å². The van der Waals surface area contributed by atoms with E-state index in [0.29, 0.717) is 11.5 Å². The van der Waals surface area contributed by atoms with Gasteiger partial charge in [0.25, 0.3) is 0 Å². The number of aliphatic carboxylic acids is 1. The molecule has 0 aliphatic heterocycles. The van der Waals surface area contributed by atoms with Crippen molar-refractivity contribution in [3.05, 3.63) is 41.5 Å². The lowest BCUT2D eigenvalue weighted by Crippen LogP contribution is -2.00. The van der Waals surface area contributed by atoms with Gasteiger partial charge in [0.2, 0.25) is 0 Å². The Kier molecular flexibility index (Phi) is 2.95. The largest absolute Gasteiger partial charge is 0.481 e. The predicted octanol–water partition coefficient (Wildman–Crippen LogP) is 2.59. The number of aryl methyl sites for hydroxylation is 2. The van der Waals surface area contributed by atoms with Crippen molar-refractivity contribution in [2.24, 2.45) is 0 Å². The van der Waals surface area contributed by atoms with Crippen LogP contribution >= 0.6 is 0 Å². The lowest BCUT2D eigenvalue weighted by atomic mass is 10.0. The number of nitrogens with zero attached hydrogens (tertiary/aromatic N) is 1. The molecule has 0 radical (unpaired) electrons. The van der Waals surface area contributed by atoms with Crippen molar-refractivity contribution in [1.82, 2.24) is 4.98 Å². The Bertz CT molecular complexity index is 558. The highest BCUT2D eigenvalue weighted by Gasteiger charge is 2.15. The molecule has 4 nitrogen and oxygen atoms in total. The third-order valence-corrected chi connectivity index (χ3v) is 2.60. The first-order valence-corrected chi connectivity index (χ1v) is 5.29. The minimum absolute atomic E-state index is 0.150. The van der Waals surface area contributed by atoms with Crippen LogP contribution in [0, 0.1) is 13.8 Å². The monoisotopic (exact) mass is 231 g/mol. The highest BCUT2D eigenvalue weighted by atomic mass is 16.4. The topological polar surface area (TPSA) is 63.3 Å². The maximum atomic E-state index is 10.7. The molecule has 0 spiro atoms. The molecular weight excluding hydrogens is 218 g/mol. The molecule has 0 aliphatic carbocycles. The zero-order valence-electron chi connectivity index (χ0n) is 9.73. The van der Waals surface area contributed by atoms with Crippen molar-refractivity contribution in [3.8, 4) is 11.3 Å². The van der Waals surface area contributed by atoms with E-state index in [0.717, 1.165) is 16.7 Å². The van der Waals surface area contributed by atoms with Crippen LogP contribution in [0.4, 0.5) is 0 Å². The maximum absolute atomic E-state index is 10.7. The highest BCUT2D eigenvalue weighted by molar-refractivity contribution is 5.74. The summed E-state index contributed by atoms with van der Waals surface area (Å²) in [6.07, 6.45) is 1.14. The quantitative estimate of drug-likeness (QED) is 0.881. The Balaban J connectivity index is 2.49. The van der Waals surface area contributed by atoms with E-state index in [1.807, 2.05) is 32.0 Å². The average Bonchev–Trinajstić information content (AvgIpc) is 2.69. The van der Waals surface area contributed by atoms with Crippen LogP contribution in [0.5, 0.6) is 0 Å². The molecular formula is C13H13NO3. The van der Waals surface area contributed by atoms with Crippen LogP contribution in [0.15, 0.2) is 29.0 Å². The summed E-state index contributed by atoms with van der Waals surface area (Å²) >= 11 is 0. The third kappa shape index (κ3) is 2.36. The van der Waals surface area contributed by atoms with E-state index in [-0.39, 0.29) is 6.42 Å². The molecule has 2 rings (SSSR count). The number of carbonyl (C=O) groups is 1. The third-order valence-electron chi connectivity index (χ3n) is 2.60. The molecule has 1 N–H and O–H groups in total. The van der Waals surface area contributed by atoms with Gasteiger partial charge in [-0.3, -0.25) is 4.79 Å². The SMILES string of the molecule is Cc1ccc(C)c(-c2ncoc2CC(=O)O)c1. The number of hydrogen-bond acceptors (Lipinski definition) is 3. The summed E-state index contributed by atoms with van der Waals surface area (Å²) in [6, 6.07) is 5.98. The Morgan fingerprint density at radius 3 is 2.88 bits per heavy atom. The van der Waals surface area contributed by atoms with Gasteiger partial charge in [-0.25, -0.2) is 4.98 Å². The summed E-state index contributed by atoms with van der Waals surface area (Å²) < 4.78 is 5.13. The van der Waals surface area contributed by atoms with Crippen molar-refractivity contribution in [1.29, 1.82) is 0 Å². The van der Waals surface area contributed by atoms with Crippen LogP contribution in [0.3, 0.4) is 0 Å². The molecule has 0 atom stereocenters. The Hall–Kier alpha value is -2.10. The number of rotatable bonds is 3. The van der Waals surface area contributed by atoms with Crippen LogP contribution in [0.2, 0.25) is 0 Å². The summed E-state index contributed by atoms with van der Waals surface area (Å²) in [5, 5.41) is 8.79. The minimum Gasteiger partial charge on any atom is -0.481 e. The molecule has 0 aliphatic rings. The predicted molar refractivity (Wildman–Crippen MR) is 62.8 cm³/mol. The lowest BCUT2D eigenvalue weighted by molar-refractivity contribution is -0.136. The standard InChI is InChI=1S/C13H13NO3/c1-8-3-4-9(2)10(5-8)13-11(6-12(15)16)17-7-14-13/h3-5,7H,6H2,1-2H3,(H,15,16). The van der Waals surface area contributed by atoms with E-state index >= 15 is 0 Å². The van der Waals surface area contributed by atoms with Gasteiger partial charge in [0.1, 0.15) is 17.9 Å². The first-order chi connectivity index (χ1) is 8.08. The van der Waals surface area contributed by atoms with E-state index in [4.69, 9.17) is 9.52 Å². The molecule has 2 aromatic rings. The van der Waals surface area contributed by atoms with Crippen LogP contribution in [0.25, 0.3) is 11.3 Å². The molecule has 17 heavy (non-hydrogen) atoms. The molecule has 0 bridgehead atoms. The second-order valence-electron chi connectivity index (χ2n) is 4.01. The zero-order chi connectivity index (χ0) is 12.4. The fourth-order valence-electron chi connectivity index (χ4n) is 1.74. The molecule has 0 saturated heterocycles. The van der Waals surface area contributed by atoms with Gasteiger partial charge in [-0.1, -0.05) is 17.7 Å². The number of benzene rings is 1. The lowest BCUT2D eigenvalue weighted by Gasteiger charge is -2.05. The molecule has 0 fully saturated rings. The van der Waals surface area contributed by atoms with Gasteiger partial charge in [-0.05, 0) is 25.5 Å². The van der Waals surface area contributed by atoms with E-state index in [2.05, 4.69) is 4.98 Å². The number of hydrogen-bond donors (Lipinski definition) is 1. The van der Waals surface area contributed by atoms with Gasteiger partial charge >= 0.3 is 5.97 Å². The summed E-state index contributed by atoms with van der Waals surface area (Å²) in [5.74, 6) is -0.528. The average molecular weight is 231 g/mol. The normalized spacial score (nSPS) is 10.5. The van der Waals surface area contributed by atoms with Gasteiger partial charge in [0.15, 0.2) is 6.39 Å². The van der Waals surface area contributed by atoms with E-state index in [9.17, 15) is 4.79 Å². The van der Waals surface area contributed by atoms with Crippen LogP contribution < -0.4 is 0 Å². The number of oxazole rings is 1. The summed E-state index contributed by atoms with van der Waals surface area (Å²) in [4.78, 5) is 14.8. The van der Waals surface area contributed by atoms with Gasteiger partial charge in [0.05, 0.1) is 0 Å². The maximum Gasteiger partial charge on any atom is 0.311 e. The Morgan fingerprint density at radius 1 is 1.41 bits per heavy atom. The number of carboxylic acids is 1. The van der Waals surface area contributed by atoms with Gasteiger partial charge < -0.3 is 9.52 Å². The van der Waals surface area contributed by atoms with Gasteiger partial charge in [-0.2, -0.15) is 0 Å². The number of aromatic nitrogens is 1. The molecule has 4 heteroatoms. The van der Waals surface area contributed by atoms with Crippen LogP contribution in [-0.4, -0.2) is 16.1 Å². The molecule has 0 unspecified atom stereocenters. The highest BCUT2D eigenvalue weighted by Crippen LogP contribution is 2.26. The molecule has 1 heterocycles. The van der Waals surface area contributed by atoms with Crippen molar-refractivity contribution in [2.75, 3.05) is 0 Å². The molecule has 0 amide bonds. The fourth-order valence-corrected chi connectivity index (χ4v) is 1.74. The Morgan fingerprint density at radius 2 is 2.18 bits per heavy atom. The minimum atomic E-state index is -0.923. The van der Waals surface area contributed by atoms with Gasteiger partial charge in [-0.15, -0.1) is 0 Å². The summed E-state index contributed by atoms with van der Waals surface area (Å²) in [7, 11) is 0. The summed E-state index contributed by atoms with van der Waals surface area (Å²) in [6.45, 7) is 3.95. The molecule has 1 aromatic carbocycles. The van der Waals surface area contributed by atoms with Crippen molar-refractivity contribution >= 4 is 5.97 Å². The Labute approximate surface area is 98.9 Å². The van der Waals surface area contributed by atoms with Gasteiger partial charge in [0, 0.05) is 5.56 Å². The second-order valence-corrected chi connectivity index (χ2v) is 4.01. The first kappa shape index (κ1) is 11.4. The first-order valence-electron chi connectivity index (χ1n) is 5.29. The number of carboxylic acid groups (broad SMARTS) is 1. The van der Waals surface area contributed by atoms with Crippen LogP contribution in [0.1, 0.15) is 16.9 Å². The van der Waals surface area contributed by atoms with Crippen molar-refractivity contribution in [2.45, 2.75) is 20.3 Å². The fraction of sp³-hybridized carbons (Fsp3) is 0.231. The van der Waals surface area contributed by atoms with Crippen molar-refractivity contribution < 1.29 is 14.3 Å². The molecule has 0 saturated carbocycles. The smallest absolute Gasteiger partial charge is 0.311 e. The summed E-state index contributed by atoms with van der Waals surface area (Å²) in [5.41, 5.74) is 3.70. The van der Waals surface area contributed by atoms with E-state index in [1.54, 1.807) is 0 Å². The molecule has 88 valence electrons. The zero-order valence-corrected chi connectivity index (χ0v) is 9.73. The molecule has 1 aromatic heterocycles. The van der Waals surface area contributed by atoms with E-state index < -0.39 is 5.97 Å². The van der Waals surface area contributed by atoms with E-state index in [1.165, 1.54) is 6.39 Å².